The van der Waals surface area contributed by atoms with Crippen molar-refractivity contribution >= 4 is 41.0 Å². The van der Waals surface area contributed by atoms with Crippen molar-refractivity contribution in [2.24, 2.45) is 0 Å². The Labute approximate surface area is 173 Å². The Hall–Kier alpha value is -2.57. The minimum Gasteiger partial charge on any atom is -0.340 e. The lowest BCUT2D eigenvalue weighted by Crippen LogP contribution is -2.41. The van der Waals surface area contributed by atoms with Gasteiger partial charge in [0.05, 0.1) is 10.0 Å². The van der Waals surface area contributed by atoms with Gasteiger partial charge in [-0.2, -0.15) is 0 Å². The van der Waals surface area contributed by atoms with Gasteiger partial charge in [0.2, 0.25) is 5.91 Å². The van der Waals surface area contributed by atoms with Crippen molar-refractivity contribution in [2.45, 2.75) is 19.0 Å². The Morgan fingerprint density at radius 2 is 1.79 bits per heavy atom. The van der Waals surface area contributed by atoms with E-state index in [-0.39, 0.29) is 19.0 Å². The highest BCUT2D eigenvalue weighted by atomic mass is 35.5. The molecule has 0 bridgehead atoms. The summed E-state index contributed by atoms with van der Waals surface area (Å²) in [7, 11) is 1.60. The topological polar surface area (TPSA) is 69.7 Å². The van der Waals surface area contributed by atoms with Crippen molar-refractivity contribution in [3.63, 3.8) is 0 Å². The summed E-state index contributed by atoms with van der Waals surface area (Å²) in [5.41, 5.74) is 1.73. The molecule has 1 atom stereocenters. The van der Waals surface area contributed by atoms with Gasteiger partial charge in [0.1, 0.15) is 12.6 Å². The summed E-state index contributed by atoms with van der Waals surface area (Å²) in [6.07, 6.45) is 0.384. The lowest BCUT2D eigenvalue weighted by atomic mass is 10.1. The van der Waals surface area contributed by atoms with Crippen LogP contribution in [0.1, 0.15) is 11.1 Å². The molecule has 1 heterocycles. The van der Waals surface area contributed by atoms with Crippen molar-refractivity contribution in [1.29, 1.82) is 0 Å². The SMILES string of the molecule is CN(Cc1ccc(Cl)c(Cl)c1)C(=O)CN1C(=O)NC(Cc2ccccc2)C1=O. The fourth-order valence-corrected chi connectivity index (χ4v) is 3.29. The summed E-state index contributed by atoms with van der Waals surface area (Å²) < 4.78 is 0. The normalized spacial score (nSPS) is 16.2. The molecule has 146 valence electrons. The van der Waals surface area contributed by atoms with Crippen LogP contribution in [0.25, 0.3) is 0 Å². The average Bonchev–Trinajstić information content (AvgIpc) is 2.93. The van der Waals surface area contributed by atoms with E-state index in [2.05, 4.69) is 5.32 Å². The monoisotopic (exact) mass is 419 g/mol. The van der Waals surface area contributed by atoms with E-state index in [0.29, 0.717) is 16.5 Å². The number of amides is 4. The zero-order chi connectivity index (χ0) is 20.3. The van der Waals surface area contributed by atoms with Crippen LogP contribution in [0.4, 0.5) is 4.79 Å². The highest BCUT2D eigenvalue weighted by Crippen LogP contribution is 2.23. The molecule has 0 spiro atoms. The van der Waals surface area contributed by atoms with Gasteiger partial charge >= 0.3 is 6.03 Å². The number of nitrogens with zero attached hydrogens (tertiary/aromatic N) is 2. The van der Waals surface area contributed by atoms with E-state index < -0.39 is 18.0 Å². The second kappa shape index (κ2) is 8.63. The first-order chi connectivity index (χ1) is 13.3. The molecule has 2 aromatic carbocycles. The molecule has 1 N–H and O–H groups in total. The number of benzene rings is 2. The van der Waals surface area contributed by atoms with Gasteiger partial charge in [-0.1, -0.05) is 59.6 Å². The smallest absolute Gasteiger partial charge is 0.325 e. The predicted octanol–water partition coefficient (Wildman–Crippen LogP) is 3.11. The second-order valence-electron chi connectivity index (χ2n) is 6.61. The molecule has 0 radical (unpaired) electrons. The van der Waals surface area contributed by atoms with Gasteiger partial charge in [-0.25, -0.2) is 4.79 Å². The highest BCUT2D eigenvalue weighted by Gasteiger charge is 2.39. The Bertz CT molecular complexity index is 905. The number of likely N-dealkylation sites (N-methyl/N-ethyl adjacent to an activating group) is 1. The number of carbonyl (C=O) groups excluding carboxylic acids is 3. The number of carbonyl (C=O) groups is 3. The summed E-state index contributed by atoms with van der Waals surface area (Å²) in [6.45, 7) is -0.0272. The minimum absolute atomic E-state index is 0.285. The fourth-order valence-electron chi connectivity index (χ4n) is 2.97. The van der Waals surface area contributed by atoms with Crippen LogP contribution in [0.15, 0.2) is 48.5 Å². The van der Waals surface area contributed by atoms with Crippen LogP contribution in [0.5, 0.6) is 0 Å². The van der Waals surface area contributed by atoms with E-state index in [1.807, 2.05) is 30.3 Å². The molecule has 4 amide bonds. The minimum atomic E-state index is -0.664. The Morgan fingerprint density at radius 1 is 1.07 bits per heavy atom. The van der Waals surface area contributed by atoms with Crippen LogP contribution in [-0.2, 0) is 22.6 Å². The van der Waals surface area contributed by atoms with E-state index in [9.17, 15) is 14.4 Å². The molecule has 8 heteroatoms. The van der Waals surface area contributed by atoms with Crippen LogP contribution >= 0.6 is 23.2 Å². The number of halogens is 2. The zero-order valence-corrected chi connectivity index (χ0v) is 16.7. The van der Waals surface area contributed by atoms with Crippen molar-refractivity contribution in [3.8, 4) is 0 Å². The molecule has 28 heavy (non-hydrogen) atoms. The molecule has 0 aromatic heterocycles. The van der Waals surface area contributed by atoms with Crippen LogP contribution in [0.3, 0.4) is 0 Å². The van der Waals surface area contributed by atoms with E-state index in [0.717, 1.165) is 16.0 Å². The molecule has 6 nitrogen and oxygen atoms in total. The quantitative estimate of drug-likeness (QED) is 0.731. The molecule has 2 aromatic rings. The first-order valence-corrected chi connectivity index (χ1v) is 9.44. The maximum absolute atomic E-state index is 12.6. The third kappa shape index (κ3) is 4.64. The Kier molecular flexibility index (Phi) is 6.21. The van der Waals surface area contributed by atoms with Gasteiger partial charge < -0.3 is 10.2 Å². The molecular formula is C20H19Cl2N3O3. The molecule has 1 aliphatic rings. The Morgan fingerprint density at radius 3 is 2.46 bits per heavy atom. The summed E-state index contributed by atoms with van der Waals surface area (Å²) in [4.78, 5) is 39.6. The Balaban J connectivity index is 1.60. The van der Waals surface area contributed by atoms with Crippen LogP contribution < -0.4 is 5.32 Å². The number of urea groups is 1. The molecule has 1 fully saturated rings. The maximum Gasteiger partial charge on any atom is 0.325 e. The standard InChI is InChI=1S/C20H19Cl2N3O3/c1-24(11-14-7-8-15(21)16(22)9-14)18(26)12-25-19(27)17(23-20(25)28)10-13-5-3-2-4-6-13/h2-9,17H,10-12H2,1H3,(H,23,28). The van der Waals surface area contributed by atoms with Gasteiger partial charge in [0, 0.05) is 20.0 Å². The van der Waals surface area contributed by atoms with Crippen molar-refractivity contribution in [3.05, 3.63) is 69.7 Å². The van der Waals surface area contributed by atoms with Crippen LogP contribution in [0.2, 0.25) is 10.0 Å². The third-order valence-electron chi connectivity index (χ3n) is 4.51. The third-order valence-corrected chi connectivity index (χ3v) is 5.25. The molecule has 3 rings (SSSR count). The highest BCUT2D eigenvalue weighted by molar-refractivity contribution is 6.42. The summed E-state index contributed by atoms with van der Waals surface area (Å²) in [5, 5.41) is 3.48. The van der Waals surface area contributed by atoms with E-state index in [4.69, 9.17) is 23.2 Å². The van der Waals surface area contributed by atoms with Crippen molar-refractivity contribution < 1.29 is 14.4 Å². The zero-order valence-electron chi connectivity index (χ0n) is 15.2. The van der Waals surface area contributed by atoms with E-state index in [1.54, 1.807) is 25.2 Å². The first kappa shape index (κ1) is 20.2. The van der Waals surface area contributed by atoms with E-state index >= 15 is 0 Å². The maximum atomic E-state index is 12.6. The average molecular weight is 420 g/mol. The van der Waals surface area contributed by atoms with E-state index in [1.165, 1.54) is 4.90 Å². The molecule has 0 saturated carbocycles. The van der Waals surface area contributed by atoms with Crippen LogP contribution in [0, 0.1) is 0 Å². The molecule has 1 aliphatic heterocycles. The van der Waals surface area contributed by atoms with Gasteiger partial charge in [-0.15, -0.1) is 0 Å². The van der Waals surface area contributed by atoms with Crippen molar-refractivity contribution in [1.82, 2.24) is 15.1 Å². The largest absolute Gasteiger partial charge is 0.340 e. The fraction of sp³-hybridized carbons (Fsp3) is 0.250. The second-order valence-corrected chi connectivity index (χ2v) is 7.43. The van der Waals surface area contributed by atoms with Gasteiger partial charge in [0.25, 0.3) is 5.91 Å². The molecule has 1 unspecified atom stereocenters. The number of nitrogens with one attached hydrogen (secondary N) is 1. The van der Waals surface area contributed by atoms with Crippen LogP contribution in [-0.4, -0.2) is 47.3 Å². The first-order valence-electron chi connectivity index (χ1n) is 8.69. The predicted molar refractivity (Wildman–Crippen MR) is 107 cm³/mol. The lowest BCUT2D eigenvalue weighted by molar-refractivity contribution is -0.136. The number of rotatable bonds is 6. The summed E-state index contributed by atoms with van der Waals surface area (Å²) in [5.74, 6) is -0.750. The van der Waals surface area contributed by atoms with Gasteiger partial charge in [-0.05, 0) is 23.3 Å². The molecule has 1 saturated heterocycles. The number of imide groups is 1. The van der Waals surface area contributed by atoms with Gasteiger partial charge in [0.15, 0.2) is 0 Å². The van der Waals surface area contributed by atoms with Gasteiger partial charge in [-0.3, -0.25) is 14.5 Å². The number of hydrogen-bond donors (Lipinski definition) is 1. The summed E-state index contributed by atoms with van der Waals surface area (Å²) in [6, 6.07) is 13.3. The molecular weight excluding hydrogens is 401 g/mol. The lowest BCUT2D eigenvalue weighted by Gasteiger charge is -2.20. The van der Waals surface area contributed by atoms with Crippen molar-refractivity contribution in [2.75, 3.05) is 13.6 Å². The number of hydrogen-bond acceptors (Lipinski definition) is 3. The summed E-state index contributed by atoms with van der Waals surface area (Å²) >= 11 is 11.9. The molecule has 0 aliphatic carbocycles.